The zero-order valence-electron chi connectivity index (χ0n) is 11.3. The van der Waals surface area contributed by atoms with Gasteiger partial charge in [-0.25, -0.2) is 4.79 Å². The fourth-order valence-corrected chi connectivity index (χ4v) is 2.47. The molecule has 2 rings (SSSR count). The second kappa shape index (κ2) is 5.86. The van der Waals surface area contributed by atoms with E-state index in [1.54, 1.807) is 0 Å². The van der Waals surface area contributed by atoms with Crippen LogP contribution >= 0.6 is 0 Å². The molecule has 0 aromatic heterocycles. The summed E-state index contributed by atoms with van der Waals surface area (Å²) < 4.78 is 5.20. The number of aldehydes is 2. The number of carbonyl (C=O) groups excluding carboxylic acids is 3. The zero-order chi connectivity index (χ0) is 14.6. The monoisotopic (exact) mass is 275 g/mol. The Hall–Kier alpha value is -2.17. The molecule has 1 saturated heterocycles. The Bertz CT molecular complexity index is 502. The van der Waals surface area contributed by atoms with Crippen LogP contribution in [0.4, 0.5) is 4.79 Å². The van der Waals surface area contributed by atoms with Crippen molar-refractivity contribution in [3.63, 3.8) is 0 Å². The van der Waals surface area contributed by atoms with Crippen LogP contribution in [0.3, 0.4) is 0 Å². The third-order valence-electron chi connectivity index (χ3n) is 3.85. The molecule has 1 aliphatic heterocycles. The normalized spacial score (nSPS) is 24.6. The first-order chi connectivity index (χ1) is 9.64. The van der Waals surface area contributed by atoms with Crippen LogP contribution in [-0.4, -0.2) is 35.6 Å². The molecular formula is C15H17NO4. The second-order valence-electron chi connectivity index (χ2n) is 5.03. The summed E-state index contributed by atoms with van der Waals surface area (Å²) in [6.45, 7) is 2.43. The Morgan fingerprint density at radius 2 is 2.10 bits per heavy atom. The first-order valence-electron chi connectivity index (χ1n) is 6.52. The highest BCUT2D eigenvalue weighted by atomic mass is 16.6. The molecule has 2 atom stereocenters. The number of carbonyl (C=O) groups is 3. The maximum atomic E-state index is 12.0. The second-order valence-corrected chi connectivity index (χ2v) is 5.03. The van der Waals surface area contributed by atoms with Crippen LogP contribution in [0.1, 0.15) is 18.9 Å². The lowest BCUT2D eigenvalue weighted by molar-refractivity contribution is -0.137. The minimum absolute atomic E-state index is 0.0120. The minimum Gasteiger partial charge on any atom is -0.445 e. The number of amides is 1. The van der Waals surface area contributed by atoms with E-state index in [4.69, 9.17) is 4.74 Å². The minimum atomic E-state index is -1.03. The fraction of sp³-hybridized carbons (Fsp3) is 0.400. The van der Waals surface area contributed by atoms with Crippen LogP contribution in [0.5, 0.6) is 0 Å². The Morgan fingerprint density at radius 1 is 1.40 bits per heavy atom. The lowest BCUT2D eigenvalue weighted by Crippen LogP contribution is -2.69. The third-order valence-corrected chi connectivity index (χ3v) is 3.85. The molecule has 0 spiro atoms. The molecule has 0 radical (unpaired) electrons. The standard InChI is InChI=1S/C15H17NO4/c1-12-9-16(15(12,11-18)7-8-17)14(19)20-10-13-5-3-2-4-6-13/h2-6,8,11-12H,7,9-10H2,1H3/t12-,15-/m0/s1. The highest BCUT2D eigenvalue weighted by Crippen LogP contribution is 2.37. The number of nitrogens with zero attached hydrogens (tertiary/aromatic N) is 1. The van der Waals surface area contributed by atoms with E-state index in [1.807, 2.05) is 37.3 Å². The average Bonchev–Trinajstić information content (AvgIpc) is 2.48. The van der Waals surface area contributed by atoms with Crippen LogP contribution in [0.15, 0.2) is 30.3 Å². The predicted molar refractivity (Wildman–Crippen MR) is 72.0 cm³/mol. The molecule has 1 heterocycles. The lowest BCUT2D eigenvalue weighted by atomic mass is 9.74. The van der Waals surface area contributed by atoms with Crippen LogP contribution in [0.25, 0.3) is 0 Å². The molecule has 1 aromatic carbocycles. The SMILES string of the molecule is C[C@H]1CN(C(=O)OCc2ccccc2)[C@]1(C=O)CC=O. The number of likely N-dealkylation sites (tertiary alicyclic amines) is 1. The molecule has 5 heteroatoms. The zero-order valence-corrected chi connectivity index (χ0v) is 11.3. The number of rotatable bonds is 5. The predicted octanol–water partition coefficient (Wildman–Crippen LogP) is 1.80. The van der Waals surface area contributed by atoms with E-state index in [0.29, 0.717) is 19.1 Å². The summed E-state index contributed by atoms with van der Waals surface area (Å²) in [4.78, 5) is 35.4. The lowest BCUT2D eigenvalue weighted by Gasteiger charge is -2.52. The van der Waals surface area contributed by atoms with Gasteiger partial charge in [0.05, 0.1) is 0 Å². The van der Waals surface area contributed by atoms with Gasteiger partial charge in [0.2, 0.25) is 0 Å². The van der Waals surface area contributed by atoms with Crippen LogP contribution in [0, 0.1) is 5.92 Å². The maximum Gasteiger partial charge on any atom is 0.410 e. The van der Waals surface area contributed by atoms with Crippen LogP contribution in [0.2, 0.25) is 0 Å². The summed E-state index contributed by atoms with van der Waals surface area (Å²) >= 11 is 0. The summed E-state index contributed by atoms with van der Waals surface area (Å²) in [6.07, 6.45) is 0.805. The summed E-state index contributed by atoms with van der Waals surface area (Å²) in [6, 6.07) is 9.30. The molecule has 1 aromatic rings. The number of hydrogen-bond acceptors (Lipinski definition) is 4. The van der Waals surface area contributed by atoms with Gasteiger partial charge < -0.3 is 14.3 Å². The summed E-state index contributed by atoms with van der Waals surface area (Å²) in [7, 11) is 0. The molecule has 1 aliphatic rings. The van der Waals surface area contributed by atoms with Crippen molar-refractivity contribution < 1.29 is 19.1 Å². The Morgan fingerprint density at radius 3 is 2.65 bits per heavy atom. The molecule has 0 aliphatic carbocycles. The maximum absolute atomic E-state index is 12.0. The van der Waals surface area contributed by atoms with Crippen molar-refractivity contribution in [2.45, 2.75) is 25.5 Å². The van der Waals surface area contributed by atoms with Crippen LogP contribution < -0.4 is 0 Å². The molecule has 0 N–H and O–H groups in total. The molecule has 5 nitrogen and oxygen atoms in total. The molecule has 0 bridgehead atoms. The topological polar surface area (TPSA) is 63.7 Å². The molecule has 106 valence electrons. The first-order valence-corrected chi connectivity index (χ1v) is 6.52. The van der Waals surface area contributed by atoms with Crippen molar-refractivity contribution in [3.05, 3.63) is 35.9 Å². The van der Waals surface area contributed by atoms with Gasteiger partial charge in [0.15, 0.2) is 0 Å². The molecule has 0 saturated carbocycles. The highest BCUT2D eigenvalue weighted by molar-refractivity contribution is 5.82. The van der Waals surface area contributed by atoms with E-state index in [9.17, 15) is 14.4 Å². The molecule has 1 fully saturated rings. The van der Waals surface area contributed by atoms with E-state index in [1.165, 1.54) is 4.90 Å². The quantitative estimate of drug-likeness (QED) is 0.769. The van der Waals surface area contributed by atoms with Gasteiger partial charge in [-0.3, -0.25) is 4.90 Å². The van der Waals surface area contributed by atoms with E-state index >= 15 is 0 Å². The van der Waals surface area contributed by atoms with Gasteiger partial charge in [0.1, 0.15) is 24.7 Å². The average molecular weight is 275 g/mol. The summed E-state index contributed by atoms with van der Waals surface area (Å²) in [5.41, 5.74) is -0.156. The Kier molecular flexibility index (Phi) is 4.17. The van der Waals surface area contributed by atoms with Gasteiger partial charge in [-0.05, 0) is 5.56 Å². The van der Waals surface area contributed by atoms with Gasteiger partial charge in [0.25, 0.3) is 0 Å². The molecule has 20 heavy (non-hydrogen) atoms. The Balaban J connectivity index is 1.99. The summed E-state index contributed by atoms with van der Waals surface area (Å²) in [5.74, 6) is -0.0329. The van der Waals surface area contributed by atoms with E-state index in [2.05, 4.69) is 0 Å². The molecule has 0 unspecified atom stereocenters. The number of hydrogen-bond donors (Lipinski definition) is 0. The Labute approximate surface area is 117 Å². The van der Waals surface area contributed by atoms with Crippen LogP contribution in [-0.2, 0) is 20.9 Å². The first kappa shape index (κ1) is 14.2. The molecular weight excluding hydrogens is 258 g/mol. The van der Waals surface area contributed by atoms with Crippen molar-refractivity contribution in [2.24, 2.45) is 5.92 Å². The van der Waals surface area contributed by atoms with Crippen molar-refractivity contribution >= 4 is 18.7 Å². The van der Waals surface area contributed by atoms with Gasteiger partial charge >= 0.3 is 6.09 Å². The van der Waals surface area contributed by atoms with Crippen molar-refractivity contribution in [1.29, 1.82) is 0 Å². The van der Waals surface area contributed by atoms with Gasteiger partial charge in [-0.2, -0.15) is 0 Å². The van der Waals surface area contributed by atoms with Gasteiger partial charge in [0, 0.05) is 18.9 Å². The van der Waals surface area contributed by atoms with Gasteiger partial charge in [-0.1, -0.05) is 37.3 Å². The number of benzene rings is 1. The van der Waals surface area contributed by atoms with Gasteiger partial charge in [-0.15, -0.1) is 0 Å². The van der Waals surface area contributed by atoms with E-state index < -0.39 is 11.6 Å². The summed E-state index contributed by atoms with van der Waals surface area (Å²) in [5, 5.41) is 0. The van der Waals surface area contributed by atoms with Crippen molar-refractivity contribution in [3.8, 4) is 0 Å². The largest absolute Gasteiger partial charge is 0.445 e. The third kappa shape index (κ3) is 2.43. The van der Waals surface area contributed by atoms with E-state index in [0.717, 1.165) is 5.56 Å². The highest BCUT2D eigenvalue weighted by Gasteiger charge is 2.54. The molecule has 1 amide bonds. The van der Waals surface area contributed by atoms with Crippen molar-refractivity contribution in [1.82, 2.24) is 4.90 Å². The van der Waals surface area contributed by atoms with E-state index in [-0.39, 0.29) is 18.9 Å². The smallest absolute Gasteiger partial charge is 0.410 e. The number of ether oxygens (including phenoxy) is 1. The van der Waals surface area contributed by atoms with Crippen molar-refractivity contribution in [2.75, 3.05) is 6.54 Å². The fourth-order valence-electron chi connectivity index (χ4n) is 2.47.